The molecule has 0 bridgehead atoms. The molecule has 3 aromatic carbocycles. The molecule has 1 N–H and O–H groups in total. The SMILES string of the molecule is CCN(c1ccccc1)S(=O)(=O)c1ccc(Cl)c(C(=O)N2CCC(C(=O)Nc3ccc(Br)cc3)CC2)c1. The second kappa shape index (κ2) is 11.7. The molecule has 0 unspecified atom stereocenters. The lowest BCUT2D eigenvalue weighted by molar-refractivity contribution is -0.121. The molecule has 7 nitrogen and oxygen atoms in total. The second-order valence-electron chi connectivity index (χ2n) is 8.71. The summed E-state index contributed by atoms with van der Waals surface area (Å²) in [7, 11) is -3.91. The zero-order valence-corrected chi connectivity index (χ0v) is 23.4. The van der Waals surface area contributed by atoms with E-state index < -0.39 is 10.0 Å². The minimum Gasteiger partial charge on any atom is -0.339 e. The summed E-state index contributed by atoms with van der Waals surface area (Å²) in [6.45, 7) is 2.73. The predicted octanol–water partition coefficient (Wildman–Crippen LogP) is 5.81. The highest BCUT2D eigenvalue weighted by molar-refractivity contribution is 9.10. The van der Waals surface area contributed by atoms with Crippen LogP contribution in [0.4, 0.5) is 11.4 Å². The van der Waals surface area contributed by atoms with Crippen LogP contribution in [0.15, 0.2) is 82.2 Å². The number of amides is 2. The van der Waals surface area contributed by atoms with Crippen LogP contribution in [0.1, 0.15) is 30.1 Å². The van der Waals surface area contributed by atoms with E-state index in [4.69, 9.17) is 11.6 Å². The Morgan fingerprint density at radius 3 is 2.30 bits per heavy atom. The Morgan fingerprint density at radius 2 is 1.68 bits per heavy atom. The number of halogens is 2. The Labute approximate surface area is 230 Å². The van der Waals surface area contributed by atoms with Gasteiger partial charge < -0.3 is 10.2 Å². The third kappa shape index (κ3) is 6.17. The summed E-state index contributed by atoms with van der Waals surface area (Å²) >= 11 is 9.72. The number of para-hydroxylation sites is 1. The van der Waals surface area contributed by atoms with E-state index >= 15 is 0 Å². The number of hydrogen-bond donors (Lipinski definition) is 1. The van der Waals surface area contributed by atoms with Gasteiger partial charge in [-0.1, -0.05) is 45.7 Å². The summed E-state index contributed by atoms with van der Waals surface area (Å²) < 4.78 is 29.1. The number of anilines is 2. The molecule has 1 heterocycles. The fourth-order valence-corrected chi connectivity index (χ4v) is 6.30. The number of nitrogens with zero attached hydrogens (tertiary/aromatic N) is 2. The van der Waals surface area contributed by atoms with Gasteiger partial charge in [0, 0.05) is 35.7 Å². The molecule has 4 rings (SSSR count). The van der Waals surface area contributed by atoms with Gasteiger partial charge in [0.2, 0.25) is 5.91 Å². The van der Waals surface area contributed by atoms with Crippen LogP contribution in [-0.4, -0.2) is 44.8 Å². The van der Waals surface area contributed by atoms with Gasteiger partial charge >= 0.3 is 0 Å². The molecule has 0 spiro atoms. The molecule has 0 radical (unpaired) electrons. The molecule has 0 aliphatic carbocycles. The maximum Gasteiger partial charge on any atom is 0.264 e. The molecule has 1 aliphatic heterocycles. The van der Waals surface area contributed by atoms with E-state index in [0.717, 1.165) is 4.47 Å². The monoisotopic (exact) mass is 603 g/mol. The van der Waals surface area contributed by atoms with E-state index in [9.17, 15) is 18.0 Å². The second-order valence-corrected chi connectivity index (χ2v) is 11.9. The topological polar surface area (TPSA) is 86.8 Å². The highest BCUT2D eigenvalue weighted by Crippen LogP contribution is 2.29. The Kier molecular flexibility index (Phi) is 8.56. The normalized spacial score (nSPS) is 14.3. The maximum atomic E-state index is 13.4. The number of rotatable bonds is 7. The van der Waals surface area contributed by atoms with E-state index in [1.807, 2.05) is 30.3 Å². The van der Waals surface area contributed by atoms with E-state index in [2.05, 4.69) is 21.2 Å². The van der Waals surface area contributed by atoms with Crippen molar-refractivity contribution in [1.29, 1.82) is 0 Å². The first-order chi connectivity index (χ1) is 17.7. The lowest BCUT2D eigenvalue weighted by atomic mass is 9.95. The summed E-state index contributed by atoms with van der Waals surface area (Å²) in [5.74, 6) is -0.656. The third-order valence-corrected chi connectivity index (χ3v) is 9.11. The lowest BCUT2D eigenvalue weighted by Gasteiger charge is -2.31. The predicted molar refractivity (Wildman–Crippen MR) is 149 cm³/mol. The van der Waals surface area contributed by atoms with Crippen molar-refractivity contribution >= 4 is 60.7 Å². The van der Waals surface area contributed by atoms with Gasteiger partial charge in [0.15, 0.2) is 0 Å². The Hall–Kier alpha value is -2.88. The zero-order chi connectivity index (χ0) is 26.6. The number of hydrogen-bond acceptors (Lipinski definition) is 4. The quantitative estimate of drug-likeness (QED) is 0.369. The third-order valence-electron chi connectivity index (χ3n) is 6.35. The van der Waals surface area contributed by atoms with Crippen molar-refractivity contribution in [2.45, 2.75) is 24.7 Å². The minimum atomic E-state index is -3.91. The van der Waals surface area contributed by atoms with Crippen LogP contribution in [0.25, 0.3) is 0 Å². The summed E-state index contributed by atoms with van der Waals surface area (Å²) in [5, 5.41) is 3.10. The summed E-state index contributed by atoms with van der Waals surface area (Å²) in [6.07, 6.45) is 1.00. The lowest BCUT2D eigenvalue weighted by Crippen LogP contribution is -2.41. The summed E-state index contributed by atoms with van der Waals surface area (Å²) in [6, 6.07) is 20.4. The number of piperidine rings is 1. The fourth-order valence-electron chi connectivity index (χ4n) is 4.33. The number of nitrogens with one attached hydrogen (secondary N) is 1. The molecule has 2 amide bonds. The Morgan fingerprint density at radius 1 is 1.03 bits per heavy atom. The van der Waals surface area contributed by atoms with Crippen LogP contribution in [0.3, 0.4) is 0 Å². The molecule has 1 aliphatic rings. The van der Waals surface area contributed by atoms with Gasteiger partial charge in [0.05, 0.1) is 21.2 Å². The van der Waals surface area contributed by atoms with Crippen LogP contribution < -0.4 is 9.62 Å². The van der Waals surface area contributed by atoms with Crippen molar-refractivity contribution in [2.24, 2.45) is 5.92 Å². The zero-order valence-electron chi connectivity index (χ0n) is 20.2. The average molecular weight is 605 g/mol. The van der Waals surface area contributed by atoms with Gasteiger partial charge in [0.25, 0.3) is 15.9 Å². The highest BCUT2D eigenvalue weighted by atomic mass is 79.9. The molecular weight excluding hydrogens is 578 g/mol. The van der Waals surface area contributed by atoms with Gasteiger partial charge in [-0.15, -0.1) is 0 Å². The molecule has 0 atom stereocenters. The molecule has 3 aromatic rings. The van der Waals surface area contributed by atoms with Gasteiger partial charge in [-0.3, -0.25) is 13.9 Å². The van der Waals surface area contributed by atoms with Crippen molar-refractivity contribution in [3.05, 3.63) is 87.9 Å². The van der Waals surface area contributed by atoms with Crippen molar-refractivity contribution in [3.63, 3.8) is 0 Å². The van der Waals surface area contributed by atoms with Crippen molar-refractivity contribution in [1.82, 2.24) is 4.90 Å². The largest absolute Gasteiger partial charge is 0.339 e. The highest BCUT2D eigenvalue weighted by Gasteiger charge is 2.30. The number of likely N-dealkylation sites (tertiary alicyclic amines) is 1. The molecule has 0 aromatic heterocycles. The first-order valence-corrected chi connectivity index (χ1v) is 14.5. The smallest absolute Gasteiger partial charge is 0.264 e. The maximum absolute atomic E-state index is 13.4. The Bertz CT molecular complexity index is 1380. The summed E-state index contributed by atoms with van der Waals surface area (Å²) in [4.78, 5) is 27.7. The van der Waals surface area contributed by atoms with Gasteiger partial charge in [-0.25, -0.2) is 8.42 Å². The molecule has 0 saturated carbocycles. The van der Waals surface area contributed by atoms with Crippen LogP contribution in [0.2, 0.25) is 5.02 Å². The summed E-state index contributed by atoms with van der Waals surface area (Å²) in [5.41, 5.74) is 1.38. The standard InChI is InChI=1S/C27H27BrClN3O4S/c1-2-32(22-6-4-3-5-7-22)37(35,36)23-12-13-25(29)24(18-23)27(34)31-16-14-19(15-17-31)26(33)30-21-10-8-20(28)9-11-21/h3-13,18-19H,2,14-17H2,1H3,(H,30,33). The van der Waals surface area contributed by atoms with Gasteiger partial charge in [-0.2, -0.15) is 0 Å². The number of sulfonamides is 1. The molecule has 1 fully saturated rings. The van der Waals surface area contributed by atoms with E-state index in [-0.39, 0.29) is 39.8 Å². The molecule has 10 heteroatoms. The fraction of sp³-hybridized carbons (Fsp3) is 0.259. The van der Waals surface area contributed by atoms with Crippen LogP contribution in [0.5, 0.6) is 0 Å². The van der Waals surface area contributed by atoms with Crippen molar-refractivity contribution in [2.75, 3.05) is 29.3 Å². The number of benzene rings is 3. The molecular formula is C27H27BrClN3O4S. The van der Waals surface area contributed by atoms with Gasteiger partial charge in [0.1, 0.15) is 0 Å². The Balaban J connectivity index is 1.46. The van der Waals surface area contributed by atoms with Crippen molar-refractivity contribution < 1.29 is 18.0 Å². The van der Waals surface area contributed by atoms with E-state index in [0.29, 0.717) is 37.3 Å². The van der Waals surface area contributed by atoms with Gasteiger partial charge in [-0.05, 0) is 74.4 Å². The van der Waals surface area contributed by atoms with Crippen LogP contribution in [0, 0.1) is 5.92 Å². The number of carbonyl (C=O) groups is 2. The first-order valence-electron chi connectivity index (χ1n) is 11.9. The molecule has 1 saturated heterocycles. The van der Waals surface area contributed by atoms with Crippen LogP contribution >= 0.6 is 27.5 Å². The molecule has 37 heavy (non-hydrogen) atoms. The number of carbonyl (C=O) groups excluding carboxylic acids is 2. The van der Waals surface area contributed by atoms with E-state index in [1.165, 1.54) is 22.5 Å². The van der Waals surface area contributed by atoms with Crippen LogP contribution in [-0.2, 0) is 14.8 Å². The molecule has 194 valence electrons. The minimum absolute atomic E-state index is 0.00489. The van der Waals surface area contributed by atoms with E-state index in [1.54, 1.807) is 36.1 Å². The average Bonchev–Trinajstić information content (AvgIpc) is 2.90. The van der Waals surface area contributed by atoms with Crippen molar-refractivity contribution in [3.8, 4) is 0 Å². The first kappa shape index (κ1) is 27.2.